The molecular formula is C13H16N6O2. The van der Waals surface area contributed by atoms with E-state index in [9.17, 15) is 9.59 Å². The lowest BCUT2D eigenvalue weighted by Gasteiger charge is -2.05. The van der Waals surface area contributed by atoms with Crippen molar-refractivity contribution in [1.82, 2.24) is 15.1 Å². The highest BCUT2D eigenvalue weighted by atomic mass is 16.2. The van der Waals surface area contributed by atoms with Crippen LogP contribution in [0.5, 0.6) is 0 Å². The number of likely N-dealkylation sites (N-methyl/N-ethyl adjacent to an activating group) is 1. The van der Waals surface area contributed by atoms with Gasteiger partial charge in [-0.05, 0) is 18.2 Å². The van der Waals surface area contributed by atoms with Crippen LogP contribution < -0.4 is 22.1 Å². The molecule has 0 saturated heterocycles. The number of hydrogen-bond donors (Lipinski definition) is 4. The van der Waals surface area contributed by atoms with Crippen LogP contribution in [0.15, 0.2) is 30.6 Å². The molecule has 8 nitrogen and oxygen atoms in total. The maximum absolute atomic E-state index is 12.1. The number of hydrogen-bond acceptors (Lipinski definition) is 5. The molecule has 1 heterocycles. The second kappa shape index (κ2) is 5.95. The first-order chi connectivity index (χ1) is 9.97. The van der Waals surface area contributed by atoms with Crippen molar-refractivity contribution >= 4 is 28.9 Å². The van der Waals surface area contributed by atoms with Crippen molar-refractivity contribution in [3.63, 3.8) is 0 Å². The standard InChI is InChI=1S/C13H16N6O2/c1-16-12(20)7-19-6-11(5-17-19)18-13(21)8-2-9(14)4-10(15)3-8/h2-6H,7,14-15H2,1H3,(H,16,20)(H,18,21). The zero-order valence-electron chi connectivity index (χ0n) is 11.5. The van der Waals surface area contributed by atoms with Gasteiger partial charge in [0.15, 0.2) is 0 Å². The summed E-state index contributed by atoms with van der Waals surface area (Å²) >= 11 is 0. The summed E-state index contributed by atoms with van der Waals surface area (Å²) in [6, 6.07) is 4.62. The van der Waals surface area contributed by atoms with Crippen LogP contribution in [-0.2, 0) is 11.3 Å². The Morgan fingerprint density at radius 2 is 1.90 bits per heavy atom. The molecule has 0 aliphatic carbocycles. The molecular weight excluding hydrogens is 272 g/mol. The third-order valence-corrected chi connectivity index (χ3v) is 2.72. The van der Waals surface area contributed by atoms with E-state index < -0.39 is 0 Å². The van der Waals surface area contributed by atoms with Crippen LogP contribution in [0, 0.1) is 0 Å². The van der Waals surface area contributed by atoms with Gasteiger partial charge in [0.05, 0.1) is 11.9 Å². The van der Waals surface area contributed by atoms with Crippen LogP contribution in [0.4, 0.5) is 17.1 Å². The van der Waals surface area contributed by atoms with Crippen LogP contribution in [0.25, 0.3) is 0 Å². The number of benzene rings is 1. The molecule has 6 N–H and O–H groups in total. The van der Waals surface area contributed by atoms with Crippen LogP contribution >= 0.6 is 0 Å². The Labute approximate surface area is 121 Å². The van der Waals surface area contributed by atoms with Gasteiger partial charge in [-0.25, -0.2) is 0 Å². The van der Waals surface area contributed by atoms with Crippen LogP contribution in [0.1, 0.15) is 10.4 Å². The Kier molecular flexibility index (Phi) is 4.07. The Bertz CT molecular complexity index is 659. The molecule has 0 fully saturated rings. The van der Waals surface area contributed by atoms with Crippen molar-refractivity contribution in [2.75, 3.05) is 23.8 Å². The van der Waals surface area contributed by atoms with Crippen LogP contribution in [-0.4, -0.2) is 28.6 Å². The second-order valence-corrected chi connectivity index (χ2v) is 4.44. The lowest BCUT2D eigenvalue weighted by Crippen LogP contribution is -2.23. The summed E-state index contributed by atoms with van der Waals surface area (Å²) in [6.45, 7) is 0.0810. The summed E-state index contributed by atoms with van der Waals surface area (Å²) in [6.07, 6.45) is 3.01. The van der Waals surface area contributed by atoms with E-state index in [0.29, 0.717) is 22.6 Å². The minimum atomic E-state index is -0.353. The van der Waals surface area contributed by atoms with Gasteiger partial charge in [-0.15, -0.1) is 0 Å². The highest BCUT2D eigenvalue weighted by Gasteiger charge is 2.10. The highest BCUT2D eigenvalue weighted by molar-refractivity contribution is 6.05. The molecule has 0 radical (unpaired) electrons. The van der Waals surface area contributed by atoms with Crippen LogP contribution in [0.2, 0.25) is 0 Å². The van der Waals surface area contributed by atoms with Gasteiger partial charge in [0.1, 0.15) is 6.54 Å². The second-order valence-electron chi connectivity index (χ2n) is 4.44. The maximum atomic E-state index is 12.1. The van der Waals surface area contributed by atoms with Gasteiger partial charge in [-0.1, -0.05) is 0 Å². The summed E-state index contributed by atoms with van der Waals surface area (Å²) in [5.41, 5.74) is 12.9. The number of nitrogens with one attached hydrogen (secondary N) is 2. The molecule has 0 spiro atoms. The number of amides is 2. The molecule has 0 saturated carbocycles. The van der Waals surface area contributed by atoms with Crippen molar-refractivity contribution in [2.24, 2.45) is 0 Å². The summed E-state index contributed by atoms with van der Waals surface area (Å²) in [5.74, 6) is -0.534. The Balaban J connectivity index is 2.07. The Morgan fingerprint density at radius 1 is 1.24 bits per heavy atom. The molecule has 8 heteroatoms. The van der Waals surface area contributed by atoms with Crippen molar-refractivity contribution in [1.29, 1.82) is 0 Å². The van der Waals surface area contributed by atoms with Gasteiger partial charge in [-0.2, -0.15) is 5.10 Å². The summed E-state index contributed by atoms with van der Waals surface area (Å²) in [5, 5.41) is 9.12. The molecule has 2 amide bonds. The molecule has 2 rings (SSSR count). The number of carbonyl (C=O) groups excluding carboxylic acids is 2. The van der Waals surface area contributed by atoms with Gasteiger partial charge in [0.2, 0.25) is 5.91 Å². The molecule has 2 aromatic rings. The third-order valence-electron chi connectivity index (χ3n) is 2.72. The fourth-order valence-corrected chi connectivity index (χ4v) is 1.75. The zero-order valence-corrected chi connectivity index (χ0v) is 11.5. The van der Waals surface area contributed by atoms with Crippen molar-refractivity contribution in [3.05, 3.63) is 36.2 Å². The van der Waals surface area contributed by atoms with Gasteiger partial charge in [0.25, 0.3) is 5.91 Å². The summed E-state index contributed by atoms with van der Waals surface area (Å²) in [7, 11) is 1.54. The molecule has 21 heavy (non-hydrogen) atoms. The number of carbonyl (C=O) groups is 2. The van der Waals surface area contributed by atoms with Gasteiger partial charge >= 0.3 is 0 Å². The van der Waals surface area contributed by atoms with E-state index in [1.807, 2.05) is 0 Å². The number of nitrogen functional groups attached to an aromatic ring is 2. The SMILES string of the molecule is CNC(=O)Cn1cc(NC(=O)c2cc(N)cc(N)c2)cn1. The van der Waals surface area contributed by atoms with E-state index >= 15 is 0 Å². The highest BCUT2D eigenvalue weighted by Crippen LogP contribution is 2.15. The first-order valence-electron chi connectivity index (χ1n) is 6.18. The minimum Gasteiger partial charge on any atom is -0.399 e. The fraction of sp³-hybridized carbons (Fsp3) is 0.154. The molecule has 0 unspecified atom stereocenters. The quantitative estimate of drug-likeness (QED) is 0.591. The maximum Gasteiger partial charge on any atom is 0.255 e. The van der Waals surface area contributed by atoms with Crippen LogP contribution in [0.3, 0.4) is 0 Å². The largest absolute Gasteiger partial charge is 0.399 e. The molecule has 1 aromatic heterocycles. The van der Waals surface area contributed by atoms with Crippen molar-refractivity contribution in [2.45, 2.75) is 6.54 Å². The Hall–Kier alpha value is -3.03. The predicted octanol–water partition coefficient (Wildman–Crippen LogP) is 0.0458. The molecule has 110 valence electrons. The summed E-state index contributed by atoms with van der Waals surface area (Å²) < 4.78 is 1.42. The normalized spacial score (nSPS) is 10.1. The van der Waals surface area contributed by atoms with E-state index in [1.165, 1.54) is 23.0 Å². The number of rotatable bonds is 4. The summed E-state index contributed by atoms with van der Waals surface area (Å²) in [4.78, 5) is 23.3. The average Bonchev–Trinajstić information content (AvgIpc) is 2.84. The van der Waals surface area contributed by atoms with Gasteiger partial charge in [-0.3, -0.25) is 14.3 Å². The van der Waals surface area contributed by atoms with Crippen molar-refractivity contribution in [3.8, 4) is 0 Å². The van der Waals surface area contributed by atoms with E-state index in [2.05, 4.69) is 15.7 Å². The van der Waals surface area contributed by atoms with Crippen molar-refractivity contribution < 1.29 is 9.59 Å². The molecule has 0 atom stereocenters. The van der Waals surface area contributed by atoms with Gasteiger partial charge < -0.3 is 22.1 Å². The van der Waals surface area contributed by atoms with E-state index in [-0.39, 0.29) is 18.4 Å². The lowest BCUT2D eigenvalue weighted by molar-refractivity contribution is -0.121. The first kappa shape index (κ1) is 14.4. The monoisotopic (exact) mass is 288 g/mol. The number of anilines is 3. The first-order valence-corrected chi connectivity index (χ1v) is 6.18. The average molecular weight is 288 g/mol. The number of aromatic nitrogens is 2. The molecule has 0 aliphatic rings. The third kappa shape index (κ3) is 3.72. The van der Waals surface area contributed by atoms with E-state index in [4.69, 9.17) is 11.5 Å². The Morgan fingerprint density at radius 3 is 2.52 bits per heavy atom. The molecule has 1 aromatic carbocycles. The molecule has 0 bridgehead atoms. The lowest BCUT2D eigenvalue weighted by atomic mass is 10.1. The predicted molar refractivity (Wildman–Crippen MR) is 79.5 cm³/mol. The number of nitrogens with zero attached hydrogens (tertiary/aromatic N) is 2. The minimum absolute atomic E-state index is 0.0810. The fourth-order valence-electron chi connectivity index (χ4n) is 1.75. The van der Waals surface area contributed by atoms with E-state index in [1.54, 1.807) is 19.3 Å². The molecule has 0 aliphatic heterocycles. The van der Waals surface area contributed by atoms with Gasteiger partial charge in [0, 0.05) is 30.2 Å². The van der Waals surface area contributed by atoms with E-state index in [0.717, 1.165) is 0 Å². The zero-order chi connectivity index (χ0) is 15.4. The smallest absolute Gasteiger partial charge is 0.255 e. The topological polar surface area (TPSA) is 128 Å². The number of nitrogens with two attached hydrogens (primary N) is 2.